The van der Waals surface area contributed by atoms with Gasteiger partial charge in [-0.05, 0) is 36.4 Å². The third kappa shape index (κ3) is 4.23. The number of alkyl halides is 3. The van der Waals surface area contributed by atoms with Crippen LogP contribution in [-0.2, 0) is 6.18 Å². The van der Waals surface area contributed by atoms with Crippen molar-refractivity contribution in [3.05, 3.63) is 64.7 Å². The lowest BCUT2D eigenvalue weighted by atomic mass is 10.1. The molecule has 2 aromatic carbocycles. The van der Waals surface area contributed by atoms with Gasteiger partial charge in [-0.3, -0.25) is 4.79 Å². The minimum Gasteiger partial charge on any atom is -0.378 e. The van der Waals surface area contributed by atoms with Crippen molar-refractivity contribution in [1.29, 1.82) is 0 Å². The highest BCUT2D eigenvalue weighted by atomic mass is 35.5. The molecule has 21 heavy (non-hydrogen) atoms. The maximum absolute atomic E-state index is 12.4. The Kier molecular flexibility index (Phi) is 4.53. The maximum atomic E-state index is 12.4. The van der Waals surface area contributed by atoms with Gasteiger partial charge in [0.2, 0.25) is 0 Å². The summed E-state index contributed by atoms with van der Waals surface area (Å²) >= 11 is 5.74. The summed E-state index contributed by atoms with van der Waals surface area (Å²) < 4.78 is 37.2. The zero-order chi connectivity index (χ0) is 15.5. The van der Waals surface area contributed by atoms with E-state index in [0.717, 1.165) is 12.1 Å². The number of halogens is 4. The monoisotopic (exact) mass is 313 g/mol. The van der Waals surface area contributed by atoms with E-state index in [4.69, 9.17) is 11.6 Å². The summed E-state index contributed by atoms with van der Waals surface area (Å²) in [6, 6.07) is 10.9. The van der Waals surface area contributed by atoms with Crippen LogP contribution in [0.2, 0.25) is 5.02 Å². The lowest BCUT2D eigenvalue weighted by molar-refractivity contribution is -0.137. The molecule has 0 aliphatic heterocycles. The number of anilines is 1. The van der Waals surface area contributed by atoms with E-state index in [1.54, 1.807) is 24.3 Å². The molecule has 2 nitrogen and oxygen atoms in total. The molecule has 2 rings (SSSR count). The molecule has 0 bridgehead atoms. The Hall–Kier alpha value is -2.01. The second-order valence-corrected chi connectivity index (χ2v) is 4.80. The number of carbonyl (C=O) groups is 1. The van der Waals surface area contributed by atoms with Crippen molar-refractivity contribution in [3.8, 4) is 0 Å². The second-order valence-electron chi connectivity index (χ2n) is 4.36. The molecular weight excluding hydrogens is 303 g/mol. The minimum atomic E-state index is -4.40. The Morgan fingerprint density at radius 3 is 2.10 bits per heavy atom. The number of benzene rings is 2. The lowest BCUT2D eigenvalue weighted by Gasteiger charge is -2.08. The fourth-order valence-corrected chi connectivity index (χ4v) is 1.82. The van der Waals surface area contributed by atoms with Crippen LogP contribution in [0.25, 0.3) is 0 Å². The van der Waals surface area contributed by atoms with Crippen LogP contribution in [0, 0.1) is 0 Å². The van der Waals surface area contributed by atoms with Crippen molar-refractivity contribution < 1.29 is 18.0 Å². The largest absolute Gasteiger partial charge is 0.416 e. The molecule has 0 saturated carbocycles. The number of ketones is 1. The van der Waals surface area contributed by atoms with Gasteiger partial charge in [-0.2, -0.15) is 13.2 Å². The normalized spacial score (nSPS) is 11.2. The smallest absolute Gasteiger partial charge is 0.378 e. The number of carbonyl (C=O) groups excluding carboxylic acids is 1. The second kappa shape index (κ2) is 6.18. The highest BCUT2D eigenvalue weighted by molar-refractivity contribution is 6.30. The molecule has 0 saturated heterocycles. The fourth-order valence-electron chi connectivity index (χ4n) is 1.70. The van der Waals surface area contributed by atoms with E-state index in [0.29, 0.717) is 10.7 Å². The van der Waals surface area contributed by atoms with Gasteiger partial charge in [-0.1, -0.05) is 23.7 Å². The van der Waals surface area contributed by atoms with Crippen LogP contribution in [0.3, 0.4) is 0 Å². The highest BCUT2D eigenvalue weighted by Gasteiger charge is 2.30. The molecule has 110 valence electrons. The van der Waals surface area contributed by atoms with Crippen molar-refractivity contribution in [3.63, 3.8) is 0 Å². The molecule has 0 atom stereocenters. The van der Waals surface area contributed by atoms with Crippen LogP contribution in [0.1, 0.15) is 15.9 Å². The van der Waals surface area contributed by atoms with Gasteiger partial charge < -0.3 is 5.32 Å². The predicted molar refractivity (Wildman–Crippen MR) is 75.7 cm³/mol. The van der Waals surface area contributed by atoms with Crippen LogP contribution in [0.4, 0.5) is 18.9 Å². The molecule has 0 radical (unpaired) electrons. The summed E-state index contributed by atoms with van der Waals surface area (Å²) in [7, 11) is 0. The van der Waals surface area contributed by atoms with E-state index in [9.17, 15) is 18.0 Å². The number of hydrogen-bond donors (Lipinski definition) is 1. The van der Waals surface area contributed by atoms with Gasteiger partial charge in [0, 0.05) is 16.3 Å². The number of hydrogen-bond acceptors (Lipinski definition) is 2. The van der Waals surface area contributed by atoms with Crippen LogP contribution < -0.4 is 5.32 Å². The lowest BCUT2D eigenvalue weighted by Crippen LogP contribution is -2.14. The summed E-state index contributed by atoms with van der Waals surface area (Å²) in [6.07, 6.45) is -4.40. The predicted octanol–water partition coefficient (Wildman–Crippen LogP) is 4.65. The van der Waals surface area contributed by atoms with Gasteiger partial charge in [0.05, 0.1) is 12.1 Å². The average molecular weight is 314 g/mol. The molecule has 0 unspecified atom stereocenters. The standard InChI is InChI=1S/C15H11ClF3NO/c16-12-5-7-13(8-6-12)20-9-14(21)10-1-3-11(4-2-10)15(17,18)19/h1-8,20H,9H2. The molecular formula is C15H11ClF3NO. The van der Waals surface area contributed by atoms with Crippen molar-refractivity contribution in [2.45, 2.75) is 6.18 Å². The molecule has 0 spiro atoms. The quantitative estimate of drug-likeness (QED) is 0.832. The Bertz CT molecular complexity index is 621. The van der Waals surface area contributed by atoms with Crippen LogP contribution in [0.15, 0.2) is 48.5 Å². The summed E-state index contributed by atoms with van der Waals surface area (Å²) in [5.41, 5.74) is 0.161. The topological polar surface area (TPSA) is 29.1 Å². The molecule has 2 aromatic rings. The SMILES string of the molecule is O=C(CNc1ccc(Cl)cc1)c1ccc(C(F)(F)F)cc1. The molecule has 1 N–H and O–H groups in total. The highest BCUT2D eigenvalue weighted by Crippen LogP contribution is 2.29. The zero-order valence-corrected chi connectivity index (χ0v) is 11.5. The molecule has 0 aliphatic rings. The van der Waals surface area contributed by atoms with Gasteiger partial charge in [0.25, 0.3) is 0 Å². The van der Waals surface area contributed by atoms with E-state index in [1.807, 2.05) is 0 Å². The Morgan fingerprint density at radius 1 is 1.00 bits per heavy atom. The van der Waals surface area contributed by atoms with E-state index >= 15 is 0 Å². The first kappa shape index (κ1) is 15.4. The average Bonchev–Trinajstić information content (AvgIpc) is 2.45. The molecule has 0 amide bonds. The first-order valence-electron chi connectivity index (χ1n) is 6.06. The van der Waals surface area contributed by atoms with Gasteiger partial charge in [-0.15, -0.1) is 0 Å². The number of nitrogens with one attached hydrogen (secondary N) is 1. The molecule has 6 heteroatoms. The summed E-state index contributed by atoms with van der Waals surface area (Å²) in [5.74, 6) is -0.293. The molecule has 0 aromatic heterocycles. The first-order chi connectivity index (χ1) is 9.86. The van der Waals surface area contributed by atoms with E-state index in [-0.39, 0.29) is 17.9 Å². The van der Waals surface area contributed by atoms with Crippen molar-refractivity contribution >= 4 is 23.1 Å². The third-order valence-electron chi connectivity index (χ3n) is 2.83. The van der Waals surface area contributed by atoms with Gasteiger partial charge in [-0.25, -0.2) is 0 Å². The van der Waals surface area contributed by atoms with Gasteiger partial charge >= 0.3 is 6.18 Å². The summed E-state index contributed by atoms with van der Waals surface area (Å²) in [6.45, 7) is -0.00695. The number of Topliss-reactive ketones (excluding diaryl/α,β-unsaturated/α-hetero) is 1. The maximum Gasteiger partial charge on any atom is 0.416 e. The Labute approximate surface area is 124 Å². The third-order valence-corrected chi connectivity index (χ3v) is 3.08. The summed E-state index contributed by atoms with van der Waals surface area (Å²) in [4.78, 5) is 11.9. The van der Waals surface area contributed by atoms with Crippen molar-refractivity contribution in [2.75, 3.05) is 11.9 Å². The van der Waals surface area contributed by atoms with E-state index < -0.39 is 11.7 Å². The van der Waals surface area contributed by atoms with E-state index in [1.165, 1.54) is 12.1 Å². The van der Waals surface area contributed by atoms with Crippen molar-refractivity contribution in [1.82, 2.24) is 0 Å². The van der Waals surface area contributed by atoms with E-state index in [2.05, 4.69) is 5.32 Å². The Morgan fingerprint density at radius 2 is 1.57 bits per heavy atom. The molecule has 0 heterocycles. The first-order valence-corrected chi connectivity index (χ1v) is 6.44. The summed E-state index contributed by atoms with van der Waals surface area (Å²) in [5, 5.41) is 3.46. The van der Waals surface area contributed by atoms with Crippen LogP contribution in [0.5, 0.6) is 0 Å². The fraction of sp³-hybridized carbons (Fsp3) is 0.133. The number of rotatable bonds is 4. The van der Waals surface area contributed by atoms with Crippen LogP contribution in [-0.4, -0.2) is 12.3 Å². The minimum absolute atomic E-state index is 0.00695. The van der Waals surface area contributed by atoms with Gasteiger partial charge in [0.1, 0.15) is 0 Å². The molecule has 0 fully saturated rings. The Balaban J connectivity index is 1.99. The van der Waals surface area contributed by atoms with Gasteiger partial charge in [0.15, 0.2) is 5.78 Å². The zero-order valence-electron chi connectivity index (χ0n) is 10.7. The van der Waals surface area contributed by atoms with Crippen LogP contribution >= 0.6 is 11.6 Å². The molecule has 0 aliphatic carbocycles. The van der Waals surface area contributed by atoms with Crippen molar-refractivity contribution in [2.24, 2.45) is 0 Å².